The van der Waals surface area contributed by atoms with Crippen LogP contribution >= 0.6 is 12.4 Å². The zero-order chi connectivity index (χ0) is 11.0. The van der Waals surface area contributed by atoms with Crippen LogP contribution in [0.5, 0.6) is 0 Å². The average Bonchev–Trinajstić information content (AvgIpc) is 2.83. The highest BCUT2D eigenvalue weighted by atomic mass is 35.5. The van der Waals surface area contributed by atoms with Crippen molar-refractivity contribution in [3.63, 3.8) is 0 Å². The zero-order valence-corrected chi connectivity index (χ0v) is 11.3. The second-order valence-electron chi connectivity index (χ2n) is 5.94. The Morgan fingerprint density at radius 2 is 1.82 bits per heavy atom. The maximum absolute atomic E-state index is 6.17. The van der Waals surface area contributed by atoms with Gasteiger partial charge in [-0.05, 0) is 43.4 Å². The van der Waals surface area contributed by atoms with Crippen LogP contribution in [0.3, 0.4) is 0 Å². The van der Waals surface area contributed by atoms with Gasteiger partial charge in [-0.1, -0.05) is 0 Å². The number of hydrogen-bond donors (Lipinski definition) is 1. The van der Waals surface area contributed by atoms with E-state index in [-0.39, 0.29) is 12.4 Å². The van der Waals surface area contributed by atoms with E-state index in [1.54, 1.807) is 0 Å². The van der Waals surface area contributed by atoms with Crippen LogP contribution in [0.25, 0.3) is 0 Å². The van der Waals surface area contributed by atoms with Crippen molar-refractivity contribution in [3.8, 4) is 0 Å². The van der Waals surface area contributed by atoms with E-state index in [9.17, 15) is 0 Å². The van der Waals surface area contributed by atoms with Crippen molar-refractivity contribution in [1.29, 1.82) is 0 Å². The molecule has 3 unspecified atom stereocenters. The van der Waals surface area contributed by atoms with Gasteiger partial charge in [-0.2, -0.15) is 0 Å². The van der Waals surface area contributed by atoms with Crippen molar-refractivity contribution >= 4 is 12.4 Å². The first kappa shape index (κ1) is 13.6. The summed E-state index contributed by atoms with van der Waals surface area (Å²) >= 11 is 0. The molecule has 2 heterocycles. The summed E-state index contributed by atoms with van der Waals surface area (Å²) in [5.74, 6) is 2.60. The fourth-order valence-corrected chi connectivity index (χ4v) is 3.84. The fourth-order valence-electron chi connectivity index (χ4n) is 3.84. The number of nitrogens with zero attached hydrogens (tertiary/aromatic N) is 1. The van der Waals surface area contributed by atoms with Crippen LogP contribution in [0.15, 0.2) is 0 Å². The van der Waals surface area contributed by atoms with Crippen LogP contribution in [0.1, 0.15) is 25.7 Å². The van der Waals surface area contributed by atoms with Crippen molar-refractivity contribution in [2.24, 2.45) is 23.5 Å². The molecule has 17 heavy (non-hydrogen) atoms. The Labute approximate surface area is 110 Å². The quantitative estimate of drug-likeness (QED) is 0.818. The molecular formula is C13H25ClN2O. The molecule has 0 amide bonds. The number of ether oxygens (including phenoxy) is 1. The first-order valence-electron chi connectivity index (χ1n) is 6.88. The number of nitrogens with two attached hydrogens (primary N) is 1. The Bertz CT molecular complexity index is 246. The summed E-state index contributed by atoms with van der Waals surface area (Å²) in [7, 11) is 0. The van der Waals surface area contributed by atoms with Gasteiger partial charge in [0.15, 0.2) is 0 Å². The van der Waals surface area contributed by atoms with E-state index in [2.05, 4.69) is 4.90 Å². The highest BCUT2D eigenvalue weighted by molar-refractivity contribution is 5.85. The molecule has 3 aliphatic rings. The topological polar surface area (TPSA) is 38.5 Å². The summed E-state index contributed by atoms with van der Waals surface area (Å²) in [4.78, 5) is 2.67. The van der Waals surface area contributed by atoms with E-state index in [0.717, 1.165) is 31.0 Å². The largest absolute Gasteiger partial charge is 0.381 e. The maximum Gasteiger partial charge on any atom is 0.0469 e. The molecule has 1 aliphatic carbocycles. The molecule has 0 spiro atoms. The van der Waals surface area contributed by atoms with Gasteiger partial charge < -0.3 is 15.4 Å². The predicted molar refractivity (Wildman–Crippen MR) is 71.4 cm³/mol. The van der Waals surface area contributed by atoms with E-state index in [4.69, 9.17) is 10.5 Å². The molecule has 0 aromatic rings. The van der Waals surface area contributed by atoms with E-state index >= 15 is 0 Å². The zero-order valence-electron chi connectivity index (χ0n) is 10.5. The van der Waals surface area contributed by atoms with Crippen molar-refractivity contribution < 1.29 is 4.74 Å². The highest BCUT2D eigenvalue weighted by Gasteiger charge is 2.41. The first-order valence-corrected chi connectivity index (χ1v) is 6.88. The Morgan fingerprint density at radius 1 is 1.06 bits per heavy atom. The second kappa shape index (κ2) is 5.87. The summed E-state index contributed by atoms with van der Waals surface area (Å²) in [6, 6.07) is 0.490. The Morgan fingerprint density at radius 3 is 2.53 bits per heavy atom. The average molecular weight is 261 g/mol. The van der Waals surface area contributed by atoms with Crippen LogP contribution in [0.2, 0.25) is 0 Å². The third kappa shape index (κ3) is 2.95. The molecule has 0 bridgehead atoms. The van der Waals surface area contributed by atoms with Crippen molar-refractivity contribution in [2.75, 3.05) is 32.8 Å². The molecule has 0 aromatic carbocycles. The predicted octanol–water partition coefficient (Wildman–Crippen LogP) is 1.50. The molecule has 2 aliphatic heterocycles. The molecule has 3 rings (SSSR count). The summed E-state index contributed by atoms with van der Waals surface area (Å²) in [5, 5.41) is 0. The molecule has 0 radical (unpaired) electrons. The third-order valence-electron chi connectivity index (χ3n) is 4.85. The monoisotopic (exact) mass is 260 g/mol. The number of fused-ring (bicyclic) bond motifs is 1. The van der Waals surface area contributed by atoms with Gasteiger partial charge in [-0.15, -0.1) is 12.4 Å². The van der Waals surface area contributed by atoms with Gasteiger partial charge in [0.1, 0.15) is 0 Å². The summed E-state index contributed by atoms with van der Waals surface area (Å²) in [6.45, 7) is 5.83. The lowest BCUT2D eigenvalue weighted by Gasteiger charge is -2.27. The third-order valence-corrected chi connectivity index (χ3v) is 4.85. The van der Waals surface area contributed by atoms with Crippen LogP contribution < -0.4 is 5.73 Å². The Balaban J connectivity index is 0.00000108. The highest BCUT2D eigenvalue weighted by Crippen LogP contribution is 2.37. The molecule has 4 heteroatoms. The van der Waals surface area contributed by atoms with Crippen molar-refractivity contribution in [2.45, 2.75) is 31.7 Å². The van der Waals surface area contributed by atoms with E-state index in [0.29, 0.717) is 6.04 Å². The van der Waals surface area contributed by atoms with Crippen molar-refractivity contribution in [1.82, 2.24) is 4.90 Å². The van der Waals surface area contributed by atoms with Gasteiger partial charge in [-0.3, -0.25) is 0 Å². The second-order valence-corrected chi connectivity index (χ2v) is 5.94. The van der Waals surface area contributed by atoms with Crippen LogP contribution in [-0.2, 0) is 4.74 Å². The van der Waals surface area contributed by atoms with E-state index < -0.39 is 0 Å². The molecule has 0 aromatic heterocycles. The normalized spacial score (nSPS) is 39.0. The first-order chi connectivity index (χ1) is 7.83. The van der Waals surface area contributed by atoms with Gasteiger partial charge >= 0.3 is 0 Å². The minimum Gasteiger partial charge on any atom is -0.381 e. The van der Waals surface area contributed by atoms with Crippen LogP contribution in [0.4, 0.5) is 0 Å². The lowest BCUT2D eigenvalue weighted by atomic mass is 9.98. The maximum atomic E-state index is 6.17. The Kier molecular flexibility index (Phi) is 4.70. The van der Waals surface area contributed by atoms with E-state index in [1.165, 1.54) is 45.3 Å². The van der Waals surface area contributed by atoms with Gasteiger partial charge in [0.05, 0.1) is 0 Å². The van der Waals surface area contributed by atoms with Crippen LogP contribution in [0, 0.1) is 17.8 Å². The number of rotatable bonds is 2. The summed E-state index contributed by atoms with van der Waals surface area (Å²) in [5.41, 5.74) is 6.17. The van der Waals surface area contributed by atoms with Gasteiger partial charge in [0.2, 0.25) is 0 Å². The number of halogens is 1. The fraction of sp³-hybridized carbons (Fsp3) is 1.00. The molecular weight excluding hydrogens is 236 g/mol. The van der Waals surface area contributed by atoms with E-state index in [1.807, 2.05) is 0 Å². The Hall–Kier alpha value is 0.170. The van der Waals surface area contributed by atoms with Crippen molar-refractivity contribution in [3.05, 3.63) is 0 Å². The SMILES string of the molecule is Cl.NC1CCC2CN(CC3CCOCC3)CC12. The molecule has 1 saturated carbocycles. The molecule has 2 saturated heterocycles. The molecule has 3 atom stereocenters. The molecule has 3 fully saturated rings. The number of hydrogen-bond acceptors (Lipinski definition) is 3. The van der Waals surface area contributed by atoms with Gasteiger partial charge in [0, 0.05) is 38.9 Å². The minimum atomic E-state index is 0. The van der Waals surface area contributed by atoms with Gasteiger partial charge in [-0.25, -0.2) is 0 Å². The van der Waals surface area contributed by atoms with Crippen LogP contribution in [-0.4, -0.2) is 43.8 Å². The molecule has 3 nitrogen and oxygen atoms in total. The minimum absolute atomic E-state index is 0. The lowest BCUT2D eigenvalue weighted by molar-refractivity contribution is 0.0545. The number of likely N-dealkylation sites (tertiary alicyclic amines) is 1. The smallest absolute Gasteiger partial charge is 0.0469 e. The lowest BCUT2D eigenvalue weighted by Crippen LogP contribution is -2.34. The molecule has 2 N–H and O–H groups in total. The molecule has 100 valence electrons. The summed E-state index contributed by atoms with van der Waals surface area (Å²) < 4.78 is 5.42. The summed E-state index contributed by atoms with van der Waals surface area (Å²) in [6.07, 6.45) is 5.16. The standard InChI is InChI=1S/C13H24N2O.ClH/c14-13-2-1-11-8-15(9-12(11)13)7-10-3-5-16-6-4-10;/h10-13H,1-9,14H2;1H. The van der Waals surface area contributed by atoms with Gasteiger partial charge in [0.25, 0.3) is 0 Å².